The zero-order valence-electron chi connectivity index (χ0n) is 23.5. The van der Waals surface area contributed by atoms with Crippen molar-refractivity contribution in [1.82, 2.24) is 21.3 Å². The summed E-state index contributed by atoms with van der Waals surface area (Å²) in [5.74, 6) is 0.120. The first-order valence-corrected chi connectivity index (χ1v) is 10.4. The summed E-state index contributed by atoms with van der Waals surface area (Å²) in [5.41, 5.74) is 0. The summed E-state index contributed by atoms with van der Waals surface area (Å²) >= 11 is 0. The number of hydrogen-bond donors (Lipinski definition) is 4. The van der Waals surface area contributed by atoms with Gasteiger partial charge in [0.2, 0.25) is 0 Å². The van der Waals surface area contributed by atoms with Crippen molar-refractivity contribution in [1.29, 1.82) is 0 Å². The van der Waals surface area contributed by atoms with Gasteiger partial charge in [-0.3, -0.25) is 24.5 Å². The zero-order valence-corrected chi connectivity index (χ0v) is 23.5. The second-order valence-corrected chi connectivity index (χ2v) is 6.31. The fourth-order valence-corrected chi connectivity index (χ4v) is 1.24. The summed E-state index contributed by atoms with van der Waals surface area (Å²) in [4.78, 5) is 40.0. The number of likely N-dealkylation sites (N-methyl/N-ethyl adjacent to an activating group) is 1. The van der Waals surface area contributed by atoms with E-state index in [4.69, 9.17) is 0 Å². The topological polar surface area (TPSA) is 153 Å². The summed E-state index contributed by atoms with van der Waals surface area (Å²) in [7, 11) is 13.7. The SMILES string of the molecule is C.C.C.C.C.CC(=O)CC(C)=O.CNCC(C)=O.CNCNC.CNCOC.COCC(C)=O.COCOC. The molecule has 0 bridgehead atoms. The monoisotopic (exact) mass is 581 g/mol. The van der Waals surface area contributed by atoms with Gasteiger partial charge in [0.15, 0.2) is 5.78 Å². The predicted molar refractivity (Wildman–Crippen MR) is 170 cm³/mol. The standard InChI is InChI=1S/C5H8O2.C4H9NO.C4H8O2.C3H10N2.C3H9NO.C3H8O2.5CH4/c1-4(6)3-5(2)7;1-4(6)3-5-2;1-4(5)3-6-2;3*1-4-3-5-2;;;;;/h3H2,1-2H3;5H,3H2,1-2H3;3H2,1-2H3;4-5H,3H2,1-2H3;4H,3H2,1-2H3;3H2,1-2H3;5*1H4. The molecule has 0 aliphatic rings. The molecule has 0 saturated carbocycles. The van der Waals surface area contributed by atoms with E-state index < -0.39 is 0 Å². The third-order valence-electron chi connectivity index (χ3n) is 2.15. The fourth-order valence-electron chi connectivity index (χ4n) is 1.24. The lowest BCUT2D eigenvalue weighted by Gasteiger charge is -1.88. The van der Waals surface area contributed by atoms with Gasteiger partial charge in [-0.2, -0.15) is 0 Å². The van der Waals surface area contributed by atoms with Crippen LogP contribution in [0.2, 0.25) is 0 Å². The molecule has 0 amide bonds. The number of carbonyl (C=O) groups excluding carboxylic acids is 4. The minimum Gasteiger partial charge on any atom is -0.377 e. The van der Waals surface area contributed by atoms with Gasteiger partial charge in [0.1, 0.15) is 30.7 Å². The van der Waals surface area contributed by atoms with E-state index in [1.807, 2.05) is 21.1 Å². The Kier molecular flexibility index (Phi) is 140. The zero-order chi connectivity index (χ0) is 28.2. The van der Waals surface area contributed by atoms with Gasteiger partial charge in [0, 0.05) is 35.1 Å². The molecule has 0 atom stereocenters. The highest BCUT2D eigenvalue weighted by Crippen LogP contribution is 1.80. The van der Waals surface area contributed by atoms with E-state index in [1.54, 1.807) is 35.3 Å². The van der Waals surface area contributed by atoms with Crippen LogP contribution >= 0.6 is 0 Å². The molecular weight excluding hydrogens is 508 g/mol. The summed E-state index contributed by atoms with van der Waals surface area (Å²) in [5, 5.41) is 11.3. The highest BCUT2D eigenvalue weighted by atomic mass is 16.6. The van der Waals surface area contributed by atoms with Crippen molar-refractivity contribution >= 4 is 23.1 Å². The Morgan fingerprint density at radius 1 is 0.513 bits per heavy atom. The van der Waals surface area contributed by atoms with E-state index in [-0.39, 0.29) is 73.3 Å². The number of Topliss-reactive ketones (excluding diaryl/α,β-unsaturated/α-hetero) is 4. The van der Waals surface area contributed by atoms with Crippen LogP contribution < -0.4 is 21.3 Å². The van der Waals surface area contributed by atoms with Gasteiger partial charge in [-0.15, -0.1) is 0 Å². The molecule has 248 valence electrons. The Morgan fingerprint density at radius 3 is 0.897 bits per heavy atom. The molecule has 0 aromatic heterocycles. The number of ketones is 4. The normalized spacial score (nSPS) is 7.28. The number of nitrogens with one attached hydrogen (secondary N) is 4. The summed E-state index contributed by atoms with van der Waals surface area (Å²) < 4.78 is 18.0. The van der Waals surface area contributed by atoms with Crippen LogP contribution in [0.15, 0.2) is 0 Å². The molecule has 0 aromatic carbocycles. The minimum atomic E-state index is -0.0625. The molecule has 0 rings (SSSR count). The van der Waals surface area contributed by atoms with E-state index in [0.29, 0.717) is 20.1 Å². The summed E-state index contributed by atoms with van der Waals surface area (Å²) in [6, 6.07) is 0. The fraction of sp³-hybridized carbons (Fsp3) is 0.852. The molecule has 4 N–H and O–H groups in total. The minimum absolute atomic E-state index is 0. The molecule has 0 spiro atoms. The van der Waals surface area contributed by atoms with E-state index in [0.717, 1.165) is 6.67 Å². The third-order valence-corrected chi connectivity index (χ3v) is 2.15. The van der Waals surface area contributed by atoms with Gasteiger partial charge < -0.3 is 34.9 Å². The van der Waals surface area contributed by atoms with Crippen LogP contribution in [0.25, 0.3) is 0 Å². The van der Waals surface area contributed by atoms with Crippen LogP contribution in [0.4, 0.5) is 0 Å². The van der Waals surface area contributed by atoms with Gasteiger partial charge in [-0.05, 0) is 55.9 Å². The molecule has 0 unspecified atom stereocenters. The molecular formula is C27H72N4O8. The molecule has 0 heterocycles. The van der Waals surface area contributed by atoms with Gasteiger partial charge in [0.05, 0.1) is 19.7 Å². The van der Waals surface area contributed by atoms with Crippen molar-refractivity contribution < 1.29 is 38.1 Å². The van der Waals surface area contributed by atoms with E-state index in [2.05, 4.69) is 40.2 Å². The molecule has 0 aromatic rings. The van der Waals surface area contributed by atoms with Crippen LogP contribution in [-0.2, 0) is 38.1 Å². The lowest BCUT2D eigenvalue weighted by atomic mass is 10.2. The Labute approximate surface area is 244 Å². The maximum absolute atomic E-state index is 10.0. The largest absolute Gasteiger partial charge is 0.377 e. The first-order valence-electron chi connectivity index (χ1n) is 10.4. The van der Waals surface area contributed by atoms with Crippen LogP contribution in [0, 0.1) is 0 Å². The lowest BCUT2D eigenvalue weighted by molar-refractivity contribution is -0.125. The van der Waals surface area contributed by atoms with Crippen LogP contribution in [-0.4, -0.2) is 113 Å². The summed E-state index contributed by atoms with van der Waals surface area (Å²) in [6.45, 7) is 8.49. The Balaban J connectivity index is -0.0000000262. The van der Waals surface area contributed by atoms with Gasteiger partial charge in [-0.1, -0.05) is 37.1 Å². The van der Waals surface area contributed by atoms with Crippen molar-refractivity contribution in [2.45, 2.75) is 71.2 Å². The molecule has 0 fully saturated rings. The van der Waals surface area contributed by atoms with E-state index >= 15 is 0 Å². The maximum Gasteiger partial charge on any atom is 0.155 e. The molecule has 12 nitrogen and oxygen atoms in total. The van der Waals surface area contributed by atoms with Crippen LogP contribution in [0.3, 0.4) is 0 Å². The highest BCUT2D eigenvalue weighted by Gasteiger charge is 1.94. The van der Waals surface area contributed by atoms with Crippen molar-refractivity contribution in [3.8, 4) is 0 Å². The molecule has 39 heavy (non-hydrogen) atoms. The van der Waals surface area contributed by atoms with Crippen LogP contribution in [0.5, 0.6) is 0 Å². The van der Waals surface area contributed by atoms with Crippen LogP contribution in [0.1, 0.15) is 71.2 Å². The quantitative estimate of drug-likeness (QED) is 0.198. The summed E-state index contributed by atoms with van der Waals surface area (Å²) in [6.07, 6.45) is 0.0833. The number of hydrogen-bond acceptors (Lipinski definition) is 12. The second-order valence-electron chi connectivity index (χ2n) is 6.31. The Morgan fingerprint density at radius 2 is 0.897 bits per heavy atom. The number of rotatable bonds is 12. The third kappa shape index (κ3) is 208. The number of ether oxygens (including phenoxy) is 4. The smallest absolute Gasteiger partial charge is 0.155 e. The highest BCUT2D eigenvalue weighted by molar-refractivity contribution is 5.96. The maximum atomic E-state index is 10.0. The first kappa shape index (κ1) is 71.1. The average Bonchev–Trinajstić information content (AvgIpc) is 2.71. The Bertz CT molecular complexity index is 380. The van der Waals surface area contributed by atoms with Gasteiger partial charge in [-0.25, -0.2) is 0 Å². The molecule has 0 saturated heterocycles. The number of methoxy groups -OCH3 is 4. The Hall–Kier alpha value is -1.64. The number of carbonyl (C=O) groups is 4. The van der Waals surface area contributed by atoms with Crippen molar-refractivity contribution in [2.75, 3.05) is 90.0 Å². The predicted octanol–water partition coefficient (Wildman–Crippen LogP) is 3.18. The van der Waals surface area contributed by atoms with Gasteiger partial charge >= 0.3 is 0 Å². The molecule has 0 radical (unpaired) electrons. The molecule has 0 aliphatic heterocycles. The van der Waals surface area contributed by atoms with E-state index in [9.17, 15) is 19.2 Å². The van der Waals surface area contributed by atoms with Crippen molar-refractivity contribution in [3.63, 3.8) is 0 Å². The van der Waals surface area contributed by atoms with E-state index in [1.165, 1.54) is 27.9 Å². The van der Waals surface area contributed by atoms with Gasteiger partial charge in [0.25, 0.3) is 0 Å². The second kappa shape index (κ2) is 76.6. The van der Waals surface area contributed by atoms with Crippen molar-refractivity contribution in [3.05, 3.63) is 0 Å². The lowest BCUT2D eigenvalue weighted by Crippen LogP contribution is -2.21. The first-order chi connectivity index (χ1) is 15.9. The molecule has 12 heteroatoms. The average molecular weight is 581 g/mol. The van der Waals surface area contributed by atoms with Crippen molar-refractivity contribution in [2.24, 2.45) is 0 Å². The molecule has 0 aliphatic carbocycles.